The van der Waals surface area contributed by atoms with Gasteiger partial charge >= 0.3 is 0 Å². The van der Waals surface area contributed by atoms with E-state index in [1.54, 1.807) is 6.20 Å². The number of rotatable bonds is 5. The fourth-order valence-electron chi connectivity index (χ4n) is 2.40. The molecule has 0 radical (unpaired) electrons. The number of aryl methyl sites for hydroxylation is 2. The average molecular weight is 266 g/mol. The largest absolute Gasteiger partial charge is 0.492 e. The highest BCUT2D eigenvalue weighted by molar-refractivity contribution is 5.82. The minimum Gasteiger partial charge on any atom is -0.492 e. The van der Waals surface area contributed by atoms with Crippen LogP contribution in [0.1, 0.15) is 17.5 Å². The van der Waals surface area contributed by atoms with Gasteiger partial charge in [-0.15, -0.1) is 0 Å². The monoisotopic (exact) mass is 266 g/mol. The molecule has 0 fully saturated rings. The van der Waals surface area contributed by atoms with Crippen LogP contribution in [-0.2, 0) is 6.42 Å². The molecule has 0 aliphatic carbocycles. The van der Waals surface area contributed by atoms with E-state index in [9.17, 15) is 0 Å². The Bertz CT molecular complexity index is 703. The van der Waals surface area contributed by atoms with Crippen LogP contribution in [0.4, 0.5) is 0 Å². The van der Waals surface area contributed by atoms with Crippen molar-refractivity contribution in [1.29, 1.82) is 0 Å². The summed E-state index contributed by atoms with van der Waals surface area (Å²) in [6, 6.07) is 10.4. The van der Waals surface area contributed by atoms with E-state index in [0.717, 1.165) is 24.2 Å². The minimum atomic E-state index is 0.713. The molecule has 3 aromatic rings. The topological polar surface area (TPSA) is 37.9 Å². The van der Waals surface area contributed by atoms with Crippen LogP contribution in [0.25, 0.3) is 10.9 Å². The Labute approximate surface area is 118 Å². The Hall–Kier alpha value is -2.29. The lowest BCUT2D eigenvalue weighted by molar-refractivity contribution is 0.310. The van der Waals surface area contributed by atoms with E-state index in [-0.39, 0.29) is 0 Å². The van der Waals surface area contributed by atoms with Gasteiger partial charge < -0.3 is 9.72 Å². The molecule has 0 aliphatic heterocycles. The quantitative estimate of drug-likeness (QED) is 0.712. The van der Waals surface area contributed by atoms with Gasteiger partial charge in [0.25, 0.3) is 0 Å². The van der Waals surface area contributed by atoms with Gasteiger partial charge in [-0.25, -0.2) is 0 Å². The molecule has 0 spiro atoms. The summed E-state index contributed by atoms with van der Waals surface area (Å²) < 4.78 is 5.72. The van der Waals surface area contributed by atoms with Crippen molar-refractivity contribution in [2.24, 2.45) is 0 Å². The normalized spacial score (nSPS) is 10.8. The molecule has 2 aromatic heterocycles. The first kappa shape index (κ1) is 12.7. The summed E-state index contributed by atoms with van der Waals surface area (Å²) in [5.74, 6) is 0.851. The molecule has 0 saturated heterocycles. The minimum absolute atomic E-state index is 0.713. The van der Waals surface area contributed by atoms with Crippen molar-refractivity contribution in [1.82, 2.24) is 9.97 Å². The molecule has 2 heterocycles. The van der Waals surface area contributed by atoms with E-state index in [2.05, 4.69) is 40.4 Å². The molecule has 3 rings (SSSR count). The molecule has 102 valence electrons. The third-order valence-electron chi connectivity index (χ3n) is 3.38. The molecule has 1 N–H and O–H groups in total. The number of pyridine rings is 1. The van der Waals surface area contributed by atoms with Gasteiger partial charge in [-0.3, -0.25) is 4.98 Å². The zero-order chi connectivity index (χ0) is 13.8. The first-order chi connectivity index (χ1) is 9.83. The fourth-order valence-corrected chi connectivity index (χ4v) is 2.40. The summed E-state index contributed by atoms with van der Waals surface area (Å²) in [6.07, 6.45) is 7.70. The Morgan fingerprint density at radius 3 is 3.00 bits per heavy atom. The number of nitrogens with zero attached hydrogens (tertiary/aromatic N) is 1. The van der Waals surface area contributed by atoms with Crippen LogP contribution in [0.15, 0.2) is 48.9 Å². The second-order valence-electron chi connectivity index (χ2n) is 5.01. The van der Waals surface area contributed by atoms with Crippen molar-refractivity contribution in [3.8, 4) is 5.75 Å². The molecule has 0 unspecified atom stereocenters. The smallest absolute Gasteiger partial charge is 0.137 e. The molecule has 3 heteroatoms. The maximum atomic E-state index is 5.72. The first-order valence-corrected chi connectivity index (χ1v) is 6.92. The summed E-state index contributed by atoms with van der Waals surface area (Å²) in [7, 11) is 0. The van der Waals surface area contributed by atoms with Gasteiger partial charge in [0, 0.05) is 23.3 Å². The van der Waals surface area contributed by atoms with Crippen molar-refractivity contribution >= 4 is 10.9 Å². The van der Waals surface area contributed by atoms with Gasteiger partial charge in [-0.2, -0.15) is 0 Å². The summed E-state index contributed by atoms with van der Waals surface area (Å²) in [4.78, 5) is 7.43. The number of hydrogen-bond donors (Lipinski definition) is 1. The third kappa shape index (κ3) is 2.82. The molecule has 20 heavy (non-hydrogen) atoms. The van der Waals surface area contributed by atoms with Crippen molar-refractivity contribution in [3.05, 3.63) is 60.0 Å². The number of H-pyrrole nitrogens is 1. The van der Waals surface area contributed by atoms with E-state index < -0.39 is 0 Å². The maximum absolute atomic E-state index is 5.72. The predicted octanol–water partition coefficient (Wildman–Crippen LogP) is 3.88. The summed E-state index contributed by atoms with van der Waals surface area (Å²) >= 11 is 0. The Balaban J connectivity index is 1.55. The second kappa shape index (κ2) is 5.78. The van der Waals surface area contributed by atoms with Gasteiger partial charge in [0.2, 0.25) is 0 Å². The zero-order valence-corrected chi connectivity index (χ0v) is 11.6. The Morgan fingerprint density at radius 2 is 2.10 bits per heavy atom. The highest BCUT2D eigenvalue weighted by Crippen LogP contribution is 2.19. The van der Waals surface area contributed by atoms with Gasteiger partial charge in [0.05, 0.1) is 12.8 Å². The maximum Gasteiger partial charge on any atom is 0.137 e. The summed E-state index contributed by atoms with van der Waals surface area (Å²) in [5.41, 5.74) is 3.68. The molecule has 0 amide bonds. The number of fused-ring (bicyclic) bond motifs is 1. The van der Waals surface area contributed by atoms with E-state index in [1.165, 1.54) is 16.5 Å². The van der Waals surface area contributed by atoms with Crippen LogP contribution in [0.5, 0.6) is 5.75 Å². The summed E-state index contributed by atoms with van der Waals surface area (Å²) in [6.45, 7) is 2.73. The lowest BCUT2D eigenvalue weighted by atomic mass is 10.1. The lowest BCUT2D eigenvalue weighted by Gasteiger charge is -2.06. The number of aromatic nitrogens is 2. The Morgan fingerprint density at radius 1 is 1.20 bits per heavy atom. The van der Waals surface area contributed by atoms with Gasteiger partial charge in [-0.05, 0) is 43.0 Å². The van der Waals surface area contributed by atoms with Crippen molar-refractivity contribution < 1.29 is 4.74 Å². The standard InChI is InChI=1S/C17H18N2O/c1-13-9-15(12-18-10-13)20-8-4-5-14-11-19-17-7-3-2-6-16(14)17/h2-3,6-7,9-12,19H,4-5,8H2,1H3. The molecule has 0 aliphatic rings. The number of benzene rings is 1. The zero-order valence-electron chi connectivity index (χ0n) is 11.6. The number of aromatic amines is 1. The average Bonchev–Trinajstić information content (AvgIpc) is 2.87. The van der Waals surface area contributed by atoms with Crippen molar-refractivity contribution in [3.63, 3.8) is 0 Å². The molecular formula is C17H18N2O. The Kier molecular flexibility index (Phi) is 3.68. The van der Waals surface area contributed by atoms with Crippen molar-refractivity contribution in [2.75, 3.05) is 6.61 Å². The second-order valence-corrected chi connectivity index (χ2v) is 5.01. The van der Waals surface area contributed by atoms with Crippen LogP contribution < -0.4 is 4.74 Å². The third-order valence-corrected chi connectivity index (χ3v) is 3.38. The van der Waals surface area contributed by atoms with Crippen LogP contribution >= 0.6 is 0 Å². The number of para-hydroxylation sites is 1. The van der Waals surface area contributed by atoms with E-state index in [4.69, 9.17) is 4.74 Å². The SMILES string of the molecule is Cc1cncc(OCCCc2c[nH]c3ccccc23)c1. The highest BCUT2D eigenvalue weighted by atomic mass is 16.5. The van der Waals surface area contributed by atoms with Crippen LogP contribution in [-0.4, -0.2) is 16.6 Å². The van der Waals surface area contributed by atoms with Crippen LogP contribution in [0, 0.1) is 6.92 Å². The summed E-state index contributed by atoms with van der Waals surface area (Å²) in [5, 5.41) is 1.31. The molecule has 0 bridgehead atoms. The fraction of sp³-hybridized carbons (Fsp3) is 0.235. The molecule has 3 nitrogen and oxygen atoms in total. The van der Waals surface area contributed by atoms with Crippen molar-refractivity contribution in [2.45, 2.75) is 19.8 Å². The number of ether oxygens (including phenoxy) is 1. The lowest BCUT2D eigenvalue weighted by Crippen LogP contribution is -1.99. The molecule has 0 saturated carbocycles. The van der Waals surface area contributed by atoms with Gasteiger partial charge in [-0.1, -0.05) is 18.2 Å². The van der Waals surface area contributed by atoms with Crippen LogP contribution in [0.3, 0.4) is 0 Å². The molecule has 1 aromatic carbocycles. The predicted molar refractivity (Wildman–Crippen MR) is 81.1 cm³/mol. The number of nitrogens with one attached hydrogen (secondary N) is 1. The molecule has 0 atom stereocenters. The van der Waals surface area contributed by atoms with E-state index in [0.29, 0.717) is 6.61 Å². The molecular weight excluding hydrogens is 248 g/mol. The first-order valence-electron chi connectivity index (χ1n) is 6.92. The number of hydrogen-bond acceptors (Lipinski definition) is 2. The van der Waals surface area contributed by atoms with Gasteiger partial charge in [0.15, 0.2) is 0 Å². The van der Waals surface area contributed by atoms with Crippen LogP contribution in [0.2, 0.25) is 0 Å². The highest BCUT2D eigenvalue weighted by Gasteiger charge is 2.02. The van der Waals surface area contributed by atoms with E-state index >= 15 is 0 Å². The van der Waals surface area contributed by atoms with Gasteiger partial charge in [0.1, 0.15) is 5.75 Å². The van der Waals surface area contributed by atoms with E-state index in [1.807, 2.05) is 19.2 Å².